The van der Waals surface area contributed by atoms with Crippen molar-refractivity contribution in [2.45, 2.75) is 25.3 Å². The van der Waals surface area contributed by atoms with Crippen LogP contribution in [-0.2, 0) is 0 Å². The van der Waals surface area contributed by atoms with Crippen molar-refractivity contribution in [1.29, 1.82) is 0 Å². The van der Waals surface area contributed by atoms with Crippen molar-refractivity contribution in [3.05, 3.63) is 12.7 Å². The topological polar surface area (TPSA) is 26.0 Å². The Balaban J connectivity index is 2.32. The molecule has 0 aromatic heterocycles. The van der Waals surface area contributed by atoms with Gasteiger partial charge in [-0.15, -0.1) is 6.58 Å². The molecule has 1 fully saturated rings. The number of allylic oxidation sites excluding steroid dienone is 1. The molecule has 0 aromatic rings. The second-order valence-electron chi connectivity index (χ2n) is 2.57. The van der Waals surface area contributed by atoms with Crippen LogP contribution in [-0.4, -0.2) is 6.04 Å². The van der Waals surface area contributed by atoms with Crippen LogP contribution in [0.2, 0.25) is 0 Å². The van der Waals surface area contributed by atoms with E-state index in [1.807, 2.05) is 6.08 Å². The minimum absolute atomic E-state index is 0.456. The zero-order valence-corrected chi connectivity index (χ0v) is 5.14. The summed E-state index contributed by atoms with van der Waals surface area (Å²) in [4.78, 5) is 0. The molecule has 1 aliphatic carbocycles. The second kappa shape index (κ2) is 2.31. The molecular formula is C7H13N. The quantitative estimate of drug-likeness (QED) is 0.507. The summed E-state index contributed by atoms with van der Waals surface area (Å²) in [6.45, 7) is 3.72. The van der Waals surface area contributed by atoms with Crippen LogP contribution in [0.5, 0.6) is 0 Å². The summed E-state index contributed by atoms with van der Waals surface area (Å²) in [7, 11) is 0. The van der Waals surface area contributed by atoms with Crippen LogP contribution in [0.25, 0.3) is 0 Å². The number of hydrogen-bond acceptors (Lipinski definition) is 1. The predicted molar refractivity (Wildman–Crippen MR) is 35.5 cm³/mol. The Morgan fingerprint density at radius 3 is 2.50 bits per heavy atom. The Hall–Kier alpha value is -0.300. The fraction of sp³-hybridized carbons (Fsp3) is 0.714. The summed E-state index contributed by atoms with van der Waals surface area (Å²) in [5.74, 6) is 0.713. The molecular weight excluding hydrogens is 98.1 g/mol. The van der Waals surface area contributed by atoms with Gasteiger partial charge in [0.1, 0.15) is 0 Å². The van der Waals surface area contributed by atoms with Crippen molar-refractivity contribution in [1.82, 2.24) is 0 Å². The maximum atomic E-state index is 5.65. The largest absolute Gasteiger partial charge is 0.328 e. The summed E-state index contributed by atoms with van der Waals surface area (Å²) in [5.41, 5.74) is 5.65. The van der Waals surface area contributed by atoms with E-state index in [2.05, 4.69) is 6.58 Å². The smallest absolute Gasteiger partial charge is 0.00446 e. The highest BCUT2D eigenvalue weighted by atomic mass is 14.6. The van der Waals surface area contributed by atoms with Gasteiger partial charge in [0.2, 0.25) is 0 Å². The standard InChI is InChI=1S/C7H13N/c1-2-6-3-4-7(8)5-6/h2,6-7H,1,3-5,8H2/t6-,7+/m0/s1. The Labute approximate surface area is 50.6 Å². The van der Waals surface area contributed by atoms with Gasteiger partial charge < -0.3 is 5.73 Å². The van der Waals surface area contributed by atoms with E-state index in [1.54, 1.807) is 0 Å². The molecule has 0 bridgehead atoms. The highest BCUT2D eigenvalue weighted by Gasteiger charge is 2.17. The van der Waals surface area contributed by atoms with E-state index in [0.29, 0.717) is 12.0 Å². The van der Waals surface area contributed by atoms with Crippen molar-refractivity contribution < 1.29 is 0 Å². The average Bonchev–Trinajstić information content (AvgIpc) is 2.14. The maximum absolute atomic E-state index is 5.65. The highest BCUT2D eigenvalue weighted by molar-refractivity contribution is 4.88. The first-order chi connectivity index (χ1) is 3.83. The third-order valence-electron chi connectivity index (χ3n) is 1.85. The molecule has 46 valence electrons. The first-order valence-electron chi connectivity index (χ1n) is 3.21. The van der Waals surface area contributed by atoms with Crippen molar-refractivity contribution in [2.24, 2.45) is 11.7 Å². The lowest BCUT2D eigenvalue weighted by Crippen LogP contribution is -2.14. The van der Waals surface area contributed by atoms with Crippen LogP contribution < -0.4 is 5.73 Å². The van der Waals surface area contributed by atoms with Gasteiger partial charge in [0, 0.05) is 6.04 Å². The molecule has 1 nitrogen and oxygen atoms in total. The normalized spacial score (nSPS) is 37.6. The molecule has 0 aliphatic heterocycles. The average molecular weight is 111 g/mol. The summed E-state index contributed by atoms with van der Waals surface area (Å²) >= 11 is 0. The Morgan fingerprint density at radius 1 is 1.50 bits per heavy atom. The van der Waals surface area contributed by atoms with Gasteiger partial charge in [-0.25, -0.2) is 0 Å². The zero-order valence-electron chi connectivity index (χ0n) is 5.14. The van der Waals surface area contributed by atoms with Crippen molar-refractivity contribution in [3.63, 3.8) is 0 Å². The van der Waals surface area contributed by atoms with Gasteiger partial charge >= 0.3 is 0 Å². The highest BCUT2D eigenvalue weighted by Crippen LogP contribution is 2.24. The molecule has 0 aromatic carbocycles. The van der Waals surface area contributed by atoms with Gasteiger partial charge in [-0.2, -0.15) is 0 Å². The van der Waals surface area contributed by atoms with Crippen LogP contribution >= 0.6 is 0 Å². The Kier molecular flexibility index (Phi) is 1.69. The third-order valence-corrected chi connectivity index (χ3v) is 1.85. The van der Waals surface area contributed by atoms with Crippen LogP contribution in [0.3, 0.4) is 0 Å². The number of nitrogens with two attached hydrogens (primary N) is 1. The van der Waals surface area contributed by atoms with E-state index in [4.69, 9.17) is 5.73 Å². The molecule has 0 amide bonds. The van der Waals surface area contributed by atoms with E-state index in [9.17, 15) is 0 Å². The lowest BCUT2D eigenvalue weighted by Gasteiger charge is -1.98. The third kappa shape index (κ3) is 1.10. The summed E-state index contributed by atoms with van der Waals surface area (Å²) in [6.07, 6.45) is 5.62. The number of hydrogen-bond donors (Lipinski definition) is 1. The van der Waals surface area contributed by atoms with Crippen LogP contribution in [0.15, 0.2) is 12.7 Å². The van der Waals surface area contributed by atoms with Crippen LogP contribution in [0.1, 0.15) is 19.3 Å². The predicted octanol–water partition coefficient (Wildman–Crippen LogP) is 1.30. The molecule has 0 saturated heterocycles. The van der Waals surface area contributed by atoms with E-state index in [0.717, 1.165) is 6.42 Å². The van der Waals surface area contributed by atoms with Gasteiger partial charge in [-0.1, -0.05) is 6.08 Å². The summed E-state index contributed by atoms with van der Waals surface area (Å²) < 4.78 is 0. The molecule has 0 unspecified atom stereocenters. The Bertz CT molecular complexity index is 88.4. The van der Waals surface area contributed by atoms with Gasteiger partial charge in [0.15, 0.2) is 0 Å². The van der Waals surface area contributed by atoms with Gasteiger partial charge in [0.05, 0.1) is 0 Å². The van der Waals surface area contributed by atoms with Crippen molar-refractivity contribution >= 4 is 0 Å². The molecule has 1 aliphatic rings. The first kappa shape index (κ1) is 5.83. The minimum atomic E-state index is 0.456. The van der Waals surface area contributed by atoms with Crippen LogP contribution in [0.4, 0.5) is 0 Å². The molecule has 1 rings (SSSR count). The van der Waals surface area contributed by atoms with Crippen molar-refractivity contribution in [3.8, 4) is 0 Å². The molecule has 0 heterocycles. The summed E-state index contributed by atoms with van der Waals surface area (Å²) in [6, 6.07) is 0.456. The van der Waals surface area contributed by atoms with E-state index >= 15 is 0 Å². The van der Waals surface area contributed by atoms with Gasteiger partial charge in [0.25, 0.3) is 0 Å². The van der Waals surface area contributed by atoms with E-state index in [-0.39, 0.29) is 0 Å². The van der Waals surface area contributed by atoms with Gasteiger partial charge in [-0.05, 0) is 25.2 Å². The monoisotopic (exact) mass is 111 g/mol. The van der Waals surface area contributed by atoms with Crippen LogP contribution in [0, 0.1) is 5.92 Å². The molecule has 8 heavy (non-hydrogen) atoms. The second-order valence-corrected chi connectivity index (χ2v) is 2.57. The molecule has 1 heteroatoms. The Morgan fingerprint density at radius 2 is 2.25 bits per heavy atom. The molecule has 1 saturated carbocycles. The zero-order chi connectivity index (χ0) is 5.98. The van der Waals surface area contributed by atoms with E-state index < -0.39 is 0 Å². The lowest BCUT2D eigenvalue weighted by atomic mass is 10.1. The molecule has 0 radical (unpaired) electrons. The maximum Gasteiger partial charge on any atom is 0.00446 e. The van der Waals surface area contributed by atoms with Gasteiger partial charge in [-0.3, -0.25) is 0 Å². The van der Waals surface area contributed by atoms with Crippen molar-refractivity contribution in [2.75, 3.05) is 0 Å². The lowest BCUT2D eigenvalue weighted by molar-refractivity contribution is 0.653. The SMILES string of the molecule is C=C[C@H]1CC[C@@H](N)C1. The molecule has 0 spiro atoms. The molecule has 2 N–H and O–H groups in total. The molecule has 2 atom stereocenters. The first-order valence-corrected chi connectivity index (χ1v) is 3.21. The fourth-order valence-corrected chi connectivity index (χ4v) is 1.27. The number of rotatable bonds is 1. The fourth-order valence-electron chi connectivity index (χ4n) is 1.27. The minimum Gasteiger partial charge on any atom is -0.328 e. The van der Waals surface area contributed by atoms with E-state index in [1.165, 1.54) is 12.8 Å². The summed E-state index contributed by atoms with van der Waals surface area (Å²) in [5, 5.41) is 0.